The number of H-pyrrole nitrogens is 1. The first kappa shape index (κ1) is 16.1. The van der Waals surface area contributed by atoms with Crippen molar-refractivity contribution < 1.29 is 19.8 Å². The van der Waals surface area contributed by atoms with Gasteiger partial charge < -0.3 is 15.2 Å². The summed E-state index contributed by atoms with van der Waals surface area (Å²) in [4.78, 5) is 24.3. The molecule has 3 aromatic rings. The van der Waals surface area contributed by atoms with Gasteiger partial charge in [-0.25, -0.2) is 4.79 Å². The van der Waals surface area contributed by atoms with Crippen LogP contribution in [0.25, 0.3) is 10.9 Å². The highest BCUT2D eigenvalue weighted by Crippen LogP contribution is 2.19. The predicted octanol–water partition coefficient (Wildman–Crippen LogP) is 3.89. The van der Waals surface area contributed by atoms with E-state index in [2.05, 4.69) is 4.98 Å². The number of fused-ring (bicyclic) bond motifs is 1. The number of rotatable bonds is 3. The predicted molar refractivity (Wildman–Crippen MR) is 85.9 cm³/mol. The second-order valence-electron chi connectivity index (χ2n) is 4.37. The van der Waals surface area contributed by atoms with E-state index in [0.29, 0.717) is 5.02 Å². The quantitative estimate of drug-likeness (QED) is 0.676. The molecule has 0 unspecified atom stereocenters. The van der Waals surface area contributed by atoms with Gasteiger partial charge in [0.25, 0.3) is 0 Å². The van der Waals surface area contributed by atoms with Gasteiger partial charge >= 0.3 is 11.9 Å². The van der Waals surface area contributed by atoms with Gasteiger partial charge in [0, 0.05) is 20.8 Å². The van der Waals surface area contributed by atoms with Gasteiger partial charge in [0.1, 0.15) is 5.69 Å². The van der Waals surface area contributed by atoms with Gasteiger partial charge in [-0.05, 0) is 35.7 Å². The minimum absolute atomic E-state index is 0.150. The van der Waals surface area contributed by atoms with Crippen molar-refractivity contribution in [3.8, 4) is 0 Å². The minimum Gasteiger partial charge on any atom is -0.481 e. The number of nitrogens with one attached hydrogen (secondary N) is 1. The van der Waals surface area contributed by atoms with Gasteiger partial charge in [-0.15, -0.1) is 11.3 Å². The van der Waals surface area contributed by atoms with Crippen molar-refractivity contribution in [2.24, 2.45) is 0 Å². The van der Waals surface area contributed by atoms with Gasteiger partial charge in [0.15, 0.2) is 0 Å². The molecule has 7 heteroatoms. The number of aromatic nitrogens is 1. The van der Waals surface area contributed by atoms with Crippen molar-refractivity contribution in [3.63, 3.8) is 0 Å². The molecule has 0 aliphatic carbocycles. The summed E-state index contributed by atoms with van der Waals surface area (Å²) in [5.74, 6) is -1.73. The van der Waals surface area contributed by atoms with E-state index in [4.69, 9.17) is 21.8 Å². The molecule has 0 saturated heterocycles. The number of benzene rings is 1. The summed E-state index contributed by atoms with van der Waals surface area (Å²) in [5, 5.41) is 20.3. The average molecular weight is 338 g/mol. The maximum atomic E-state index is 10.6. The van der Waals surface area contributed by atoms with Crippen LogP contribution in [0.15, 0.2) is 41.8 Å². The number of carbonyl (C=O) groups is 2. The first-order valence-electron chi connectivity index (χ1n) is 6.21. The molecular weight excluding hydrogens is 326 g/mol. The Kier molecular flexibility index (Phi) is 5.19. The van der Waals surface area contributed by atoms with E-state index in [9.17, 15) is 9.59 Å². The number of carboxylic acid groups (broad SMARTS) is 2. The fourth-order valence-electron chi connectivity index (χ4n) is 1.78. The third-order valence-corrected chi connectivity index (χ3v) is 3.83. The molecule has 0 fully saturated rings. The first-order valence-corrected chi connectivity index (χ1v) is 7.47. The summed E-state index contributed by atoms with van der Waals surface area (Å²) in [5.41, 5.74) is 0.957. The lowest BCUT2D eigenvalue weighted by molar-refractivity contribution is -0.136. The smallest absolute Gasteiger partial charge is 0.352 e. The van der Waals surface area contributed by atoms with Crippen LogP contribution in [0, 0.1) is 0 Å². The Morgan fingerprint density at radius 1 is 1.18 bits per heavy atom. The molecule has 2 aromatic heterocycles. The van der Waals surface area contributed by atoms with Crippen molar-refractivity contribution in [2.45, 2.75) is 6.42 Å². The number of aromatic amines is 1. The highest BCUT2D eigenvalue weighted by Gasteiger charge is 2.06. The molecule has 0 aliphatic rings. The van der Waals surface area contributed by atoms with E-state index >= 15 is 0 Å². The Bertz CT molecular complexity index is 795. The summed E-state index contributed by atoms with van der Waals surface area (Å²) in [6.45, 7) is 0. The van der Waals surface area contributed by atoms with Gasteiger partial charge in [0.2, 0.25) is 0 Å². The Balaban J connectivity index is 0.000000172. The molecule has 114 valence electrons. The molecule has 5 nitrogen and oxygen atoms in total. The topological polar surface area (TPSA) is 90.4 Å². The van der Waals surface area contributed by atoms with Crippen LogP contribution >= 0.6 is 22.9 Å². The van der Waals surface area contributed by atoms with Crippen LogP contribution in [0.4, 0.5) is 0 Å². The second-order valence-corrected chi connectivity index (χ2v) is 5.84. The molecule has 0 bridgehead atoms. The van der Waals surface area contributed by atoms with E-state index in [-0.39, 0.29) is 12.1 Å². The molecule has 0 saturated carbocycles. The van der Waals surface area contributed by atoms with Crippen molar-refractivity contribution in [2.75, 3.05) is 0 Å². The van der Waals surface area contributed by atoms with Crippen LogP contribution in [-0.2, 0) is 11.2 Å². The van der Waals surface area contributed by atoms with Crippen molar-refractivity contribution in [1.82, 2.24) is 4.98 Å². The fourth-order valence-corrected chi connectivity index (χ4v) is 2.66. The highest BCUT2D eigenvalue weighted by atomic mass is 35.5. The number of hydrogen-bond acceptors (Lipinski definition) is 3. The average Bonchev–Trinajstić information content (AvgIpc) is 3.07. The molecule has 22 heavy (non-hydrogen) atoms. The van der Waals surface area contributed by atoms with E-state index in [1.165, 1.54) is 11.3 Å². The van der Waals surface area contributed by atoms with Crippen LogP contribution in [-0.4, -0.2) is 27.1 Å². The van der Waals surface area contributed by atoms with Crippen LogP contribution in [0.2, 0.25) is 5.02 Å². The summed E-state index contributed by atoms with van der Waals surface area (Å²) in [7, 11) is 0. The van der Waals surface area contributed by atoms with Crippen LogP contribution in [0.5, 0.6) is 0 Å². The molecule has 0 atom stereocenters. The molecular formula is C15H12ClNO4S. The normalized spacial score (nSPS) is 10.0. The molecule has 3 rings (SSSR count). The second kappa shape index (κ2) is 7.11. The number of carboxylic acids is 2. The number of hydrogen-bond donors (Lipinski definition) is 3. The summed E-state index contributed by atoms with van der Waals surface area (Å²) >= 11 is 7.22. The summed E-state index contributed by atoms with van der Waals surface area (Å²) < 4.78 is 0. The van der Waals surface area contributed by atoms with Gasteiger partial charge in [-0.1, -0.05) is 17.7 Å². The maximum Gasteiger partial charge on any atom is 0.352 e. The van der Waals surface area contributed by atoms with Crippen LogP contribution in [0.3, 0.4) is 0 Å². The Hall–Kier alpha value is -2.31. The molecule has 2 heterocycles. The van der Waals surface area contributed by atoms with Crippen LogP contribution < -0.4 is 0 Å². The van der Waals surface area contributed by atoms with E-state index in [1.807, 2.05) is 17.5 Å². The largest absolute Gasteiger partial charge is 0.481 e. The zero-order valence-corrected chi connectivity index (χ0v) is 12.8. The molecule has 1 aromatic carbocycles. The number of halogens is 1. The molecule has 0 amide bonds. The Labute approximate surface area is 134 Å². The lowest BCUT2D eigenvalue weighted by Gasteiger charge is -1.88. The molecule has 0 radical (unpaired) electrons. The van der Waals surface area contributed by atoms with E-state index < -0.39 is 11.9 Å². The Morgan fingerprint density at radius 3 is 2.55 bits per heavy atom. The maximum absolute atomic E-state index is 10.6. The van der Waals surface area contributed by atoms with E-state index in [1.54, 1.807) is 24.3 Å². The SMILES string of the molecule is O=C(O)Cc1cccs1.O=C(O)c1cc2cc(Cl)ccc2[nH]1. The van der Waals surface area contributed by atoms with Crippen LogP contribution in [0.1, 0.15) is 15.4 Å². The van der Waals surface area contributed by atoms with Crippen molar-refractivity contribution in [1.29, 1.82) is 0 Å². The standard InChI is InChI=1S/C9H6ClNO2.C6H6O2S/c10-6-1-2-7-5(3-6)4-8(11-7)9(12)13;7-6(8)4-5-2-1-3-9-5/h1-4,11H,(H,12,13);1-3H,4H2,(H,7,8). The van der Waals surface area contributed by atoms with Gasteiger partial charge in [0.05, 0.1) is 6.42 Å². The zero-order valence-electron chi connectivity index (χ0n) is 11.2. The summed E-state index contributed by atoms with van der Waals surface area (Å²) in [6, 6.07) is 10.4. The number of aliphatic carboxylic acids is 1. The van der Waals surface area contributed by atoms with Crippen molar-refractivity contribution >= 4 is 45.8 Å². The van der Waals surface area contributed by atoms with Gasteiger partial charge in [-0.3, -0.25) is 4.79 Å². The monoisotopic (exact) mass is 337 g/mol. The van der Waals surface area contributed by atoms with Gasteiger partial charge in [-0.2, -0.15) is 0 Å². The lowest BCUT2D eigenvalue weighted by atomic mass is 10.2. The Morgan fingerprint density at radius 2 is 1.95 bits per heavy atom. The summed E-state index contributed by atoms with van der Waals surface area (Å²) in [6.07, 6.45) is 0.150. The number of thiophene rings is 1. The first-order chi connectivity index (χ1) is 10.5. The third kappa shape index (κ3) is 4.34. The van der Waals surface area contributed by atoms with Crippen molar-refractivity contribution in [3.05, 3.63) is 57.4 Å². The minimum atomic E-state index is -0.965. The number of aromatic carboxylic acids is 1. The van der Waals surface area contributed by atoms with E-state index in [0.717, 1.165) is 15.8 Å². The third-order valence-electron chi connectivity index (χ3n) is 2.72. The molecule has 0 aliphatic heterocycles. The lowest BCUT2D eigenvalue weighted by Crippen LogP contribution is -1.96. The molecule has 3 N–H and O–H groups in total. The fraction of sp³-hybridized carbons (Fsp3) is 0.0667. The highest BCUT2D eigenvalue weighted by molar-refractivity contribution is 7.10. The molecule has 0 spiro atoms. The zero-order chi connectivity index (χ0) is 16.1.